The van der Waals surface area contributed by atoms with Crippen LogP contribution in [0, 0.1) is 11.7 Å². The molecule has 2 aromatic carbocycles. The van der Waals surface area contributed by atoms with Gasteiger partial charge in [-0.1, -0.05) is 36.4 Å². The normalized spacial score (nSPS) is 26.8. The zero-order valence-electron chi connectivity index (χ0n) is 16.5. The van der Waals surface area contributed by atoms with Gasteiger partial charge < -0.3 is 4.90 Å². The number of rotatable bonds is 3. The number of hydrazine groups is 1. The molecule has 1 amide bonds. The lowest BCUT2D eigenvalue weighted by Gasteiger charge is -2.37. The number of amides is 1. The second-order valence-corrected chi connectivity index (χ2v) is 8.37. The average molecular weight is 394 g/mol. The van der Waals surface area contributed by atoms with Gasteiger partial charge in [0.2, 0.25) is 5.91 Å². The molecule has 3 unspecified atom stereocenters. The maximum atomic E-state index is 13.2. The van der Waals surface area contributed by atoms with Crippen LogP contribution < -0.4 is 10.9 Å². The number of nitrogens with one attached hydrogen (secondary N) is 2. The van der Waals surface area contributed by atoms with E-state index >= 15 is 0 Å². The number of halogens is 1. The summed E-state index contributed by atoms with van der Waals surface area (Å²) in [5.74, 6) is 0.311. The zero-order chi connectivity index (χ0) is 19.8. The van der Waals surface area contributed by atoms with E-state index in [0.29, 0.717) is 5.92 Å². The van der Waals surface area contributed by atoms with Gasteiger partial charge in [0.1, 0.15) is 11.9 Å². The molecule has 3 aliphatic rings. The predicted molar refractivity (Wildman–Crippen MR) is 109 cm³/mol. The minimum atomic E-state index is -0.203. The number of aryl methyl sites for hydroxylation is 1. The van der Waals surface area contributed by atoms with Crippen LogP contribution >= 0.6 is 0 Å². The largest absolute Gasteiger partial charge is 0.339 e. The van der Waals surface area contributed by atoms with E-state index < -0.39 is 0 Å². The summed E-state index contributed by atoms with van der Waals surface area (Å²) in [7, 11) is 0. The molecule has 2 aromatic rings. The summed E-state index contributed by atoms with van der Waals surface area (Å²) in [5, 5.41) is 0. The van der Waals surface area contributed by atoms with Crippen molar-refractivity contribution in [3.8, 4) is 0 Å². The van der Waals surface area contributed by atoms with Gasteiger partial charge in [-0.3, -0.25) is 9.69 Å². The standard InChI is InChI=1S/C23H27FN4O/c24-18-8-5-16(6-9-18)15-27-11-13-28(14-12-27)23(29)22-20-10-7-17-3-1-2-4-19(17)21(20)25-26-22/h1-6,8-9,20-22,25-26H,7,10-15H2. The van der Waals surface area contributed by atoms with Gasteiger partial charge in [-0.05, 0) is 41.7 Å². The van der Waals surface area contributed by atoms with Crippen molar-refractivity contribution in [2.24, 2.45) is 5.92 Å². The third kappa shape index (κ3) is 3.68. The van der Waals surface area contributed by atoms with Gasteiger partial charge in [-0.15, -0.1) is 0 Å². The van der Waals surface area contributed by atoms with Crippen molar-refractivity contribution in [1.82, 2.24) is 20.7 Å². The Bertz CT molecular complexity index is 879. The fraction of sp³-hybridized carbons (Fsp3) is 0.435. The van der Waals surface area contributed by atoms with Crippen LogP contribution in [0.4, 0.5) is 4.39 Å². The van der Waals surface area contributed by atoms with Crippen molar-refractivity contribution in [3.05, 3.63) is 71.0 Å². The Labute approximate surface area is 170 Å². The molecule has 0 aromatic heterocycles. The Morgan fingerprint density at radius 3 is 2.55 bits per heavy atom. The summed E-state index contributed by atoms with van der Waals surface area (Å²) in [6.45, 7) is 3.98. The Hall–Kier alpha value is -2.28. The first-order valence-corrected chi connectivity index (χ1v) is 10.5. The SMILES string of the molecule is O=C(C1NNC2c3ccccc3CCC12)N1CCN(Cc2ccc(F)cc2)CC1. The van der Waals surface area contributed by atoms with E-state index in [1.165, 1.54) is 23.3 Å². The van der Waals surface area contributed by atoms with Crippen LogP contribution in [0.3, 0.4) is 0 Å². The topological polar surface area (TPSA) is 47.6 Å². The molecule has 29 heavy (non-hydrogen) atoms. The number of fused-ring (bicyclic) bond motifs is 3. The first kappa shape index (κ1) is 18.7. The molecule has 2 N–H and O–H groups in total. The van der Waals surface area contributed by atoms with Gasteiger partial charge in [0.25, 0.3) is 0 Å². The molecule has 152 valence electrons. The molecule has 6 heteroatoms. The fourth-order valence-electron chi connectivity index (χ4n) is 5.03. The number of carbonyl (C=O) groups excluding carboxylic acids is 1. The third-order valence-corrected chi connectivity index (χ3v) is 6.66. The van der Waals surface area contributed by atoms with Crippen LogP contribution in [0.5, 0.6) is 0 Å². The number of benzene rings is 2. The minimum Gasteiger partial charge on any atom is -0.339 e. The van der Waals surface area contributed by atoms with Crippen LogP contribution in [0.1, 0.15) is 29.2 Å². The molecule has 3 atom stereocenters. The van der Waals surface area contributed by atoms with Crippen molar-refractivity contribution in [3.63, 3.8) is 0 Å². The molecule has 2 aliphatic heterocycles. The zero-order valence-corrected chi connectivity index (χ0v) is 16.5. The number of piperazine rings is 1. The van der Waals surface area contributed by atoms with E-state index in [1.54, 1.807) is 0 Å². The highest BCUT2D eigenvalue weighted by Gasteiger charge is 2.44. The van der Waals surface area contributed by atoms with E-state index in [4.69, 9.17) is 0 Å². The molecule has 1 aliphatic carbocycles. The van der Waals surface area contributed by atoms with Crippen LogP contribution in [-0.4, -0.2) is 47.9 Å². The molecular formula is C23H27FN4O. The molecule has 0 spiro atoms. The first-order valence-electron chi connectivity index (χ1n) is 10.5. The third-order valence-electron chi connectivity index (χ3n) is 6.66. The maximum Gasteiger partial charge on any atom is 0.241 e. The van der Waals surface area contributed by atoms with Crippen LogP contribution in [0.15, 0.2) is 48.5 Å². The summed E-state index contributed by atoms with van der Waals surface area (Å²) in [5.41, 5.74) is 10.5. The maximum absolute atomic E-state index is 13.2. The molecular weight excluding hydrogens is 367 g/mol. The van der Waals surface area contributed by atoms with Crippen molar-refractivity contribution >= 4 is 5.91 Å². The lowest BCUT2D eigenvalue weighted by molar-refractivity contribution is -0.136. The van der Waals surface area contributed by atoms with E-state index in [2.05, 4.69) is 40.0 Å². The van der Waals surface area contributed by atoms with Gasteiger partial charge in [-0.2, -0.15) is 0 Å². The van der Waals surface area contributed by atoms with Crippen LogP contribution in [0.25, 0.3) is 0 Å². The molecule has 2 heterocycles. The number of hydrogen-bond acceptors (Lipinski definition) is 4. The molecule has 0 saturated carbocycles. The first-order chi connectivity index (χ1) is 14.2. The Balaban J connectivity index is 1.19. The van der Waals surface area contributed by atoms with Crippen LogP contribution in [0.2, 0.25) is 0 Å². The van der Waals surface area contributed by atoms with Crippen LogP contribution in [-0.2, 0) is 17.8 Å². The quantitative estimate of drug-likeness (QED) is 0.838. The highest BCUT2D eigenvalue weighted by molar-refractivity contribution is 5.83. The van der Waals surface area contributed by atoms with E-state index in [1.807, 2.05) is 17.0 Å². The number of hydrogen-bond donors (Lipinski definition) is 2. The molecule has 2 saturated heterocycles. The van der Waals surface area contributed by atoms with Gasteiger partial charge in [0, 0.05) is 38.6 Å². The van der Waals surface area contributed by atoms with E-state index in [-0.39, 0.29) is 23.8 Å². The predicted octanol–water partition coefficient (Wildman–Crippen LogP) is 2.25. The summed E-state index contributed by atoms with van der Waals surface area (Å²) >= 11 is 0. The Kier molecular flexibility index (Phi) is 5.08. The van der Waals surface area contributed by atoms with Gasteiger partial charge in [0.05, 0.1) is 6.04 Å². The second-order valence-electron chi connectivity index (χ2n) is 8.37. The number of carbonyl (C=O) groups is 1. The van der Waals surface area contributed by atoms with Gasteiger partial charge >= 0.3 is 0 Å². The highest BCUT2D eigenvalue weighted by atomic mass is 19.1. The molecule has 5 nitrogen and oxygen atoms in total. The Morgan fingerprint density at radius 1 is 1.00 bits per heavy atom. The van der Waals surface area contributed by atoms with E-state index in [9.17, 15) is 9.18 Å². The van der Waals surface area contributed by atoms with E-state index in [0.717, 1.165) is 51.1 Å². The van der Waals surface area contributed by atoms with Gasteiger partial charge in [0.15, 0.2) is 0 Å². The molecule has 5 rings (SSSR count). The summed E-state index contributed by atoms with van der Waals surface area (Å²) in [6, 6.07) is 15.3. The lowest BCUT2D eigenvalue weighted by Crippen LogP contribution is -2.54. The minimum absolute atomic E-state index is 0.156. The molecule has 0 radical (unpaired) electrons. The lowest BCUT2D eigenvalue weighted by atomic mass is 9.77. The van der Waals surface area contributed by atoms with Crippen molar-refractivity contribution in [1.29, 1.82) is 0 Å². The summed E-state index contributed by atoms with van der Waals surface area (Å²) < 4.78 is 13.1. The summed E-state index contributed by atoms with van der Waals surface area (Å²) in [6.07, 6.45) is 2.07. The fourth-order valence-corrected chi connectivity index (χ4v) is 5.03. The van der Waals surface area contributed by atoms with Crippen molar-refractivity contribution < 1.29 is 9.18 Å². The average Bonchev–Trinajstić information content (AvgIpc) is 3.20. The van der Waals surface area contributed by atoms with Crippen molar-refractivity contribution in [2.45, 2.75) is 31.5 Å². The highest BCUT2D eigenvalue weighted by Crippen LogP contribution is 2.39. The van der Waals surface area contributed by atoms with Gasteiger partial charge in [-0.25, -0.2) is 15.2 Å². The summed E-state index contributed by atoms with van der Waals surface area (Å²) in [4.78, 5) is 17.6. The molecule has 0 bridgehead atoms. The molecule has 2 fully saturated rings. The number of nitrogens with zero attached hydrogens (tertiary/aromatic N) is 2. The monoisotopic (exact) mass is 394 g/mol. The second kappa shape index (κ2) is 7.86. The Morgan fingerprint density at radius 2 is 1.76 bits per heavy atom. The smallest absolute Gasteiger partial charge is 0.241 e. The van der Waals surface area contributed by atoms with Crippen molar-refractivity contribution in [2.75, 3.05) is 26.2 Å².